The van der Waals surface area contributed by atoms with E-state index in [2.05, 4.69) is 26.2 Å². The maximum Gasteiger partial charge on any atom is 0.259 e. The summed E-state index contributed by atoms with van der Waals surface area (Å²) in [6.07, 6.45) is 1.42. The van der Waals surface area contributed by atoms with Crippen LogP contribution in [0.4, 0.5) is 5.69 Å². The van der Waals surface area contributed by atoms with E-state index in [0.717, 1.165) is 0 Å². The lowest BCUT2D eigenvalue weighted by atomic mass is 10.1. The number of aromatic hydroxyl groups is 1. The fraction of sp³-hybridized carbons (Fsp3) is 0.0769. The Morgan fingerprint density at radius 1 is 1.45 bits per heavy atom. The van der Waals surface area contributed by atoms with Crippen molar-refractivity contribution in [2.24, 2.45) is 0 Å². The van der Waals surface area contributed by atoms with Gasteiger partial charge in [0, 0.05) is 0 Å². The highest BCUT2D eigenvalue weighted by Gasteiger charge is 2.13. The number of methoxy groups -OCH3 is 1. The maximum atomic E-state index is 12.1. The largest absolute Gasteiger partial charge is 0.507 e. The Hall–Kier alpha value is -1.79. The van der Waals surface area contributed by atoms with E-state index < -0.39 is 5.91 Å². The van der Waals surface area contributed by atoms with Gasteiger partial charge in [-0.3, -0.25) is 4.79 Å². The quantitative estimate of drug-likeness (QED) is 0.825. The summed E-state index contributed by atoms with van der Waals surface area (Å²) in [7, 11) is 1.48. The van der Waals surface area contributed by atoms with Crippen LogP contribution in [0.3, 0.4) is 0 Å². The van der Waals surface area contributed by atoms with Gasteiger partial charge in [-0.15, -0.1) is 0 Å². The molecule has 2 N–H and O–H groups in total. The van der Waals surface area contributed by atoms with Gasteiger partial charge in [-0.1, -0.05) is 11.6 Å². The first kappa shape index (κ1) is 14.6. The lowest BCUT2D eigenvalue weighted by molar-refractivity contribution is 0.102. The van der Waals surface area contributed by atoms with Gasteiger partial charge in [0.1, 0.15) is 16.7 Å². The number of phenols is 1. The van der Waals surface area contributed by atoms with Gasteiger partial charge in [0.25, 0.3) is 5.91 Å². The van der Waals surface area contributed by atoms with Gasteiger partial charge in [0.15, 0.2) is 0 Å². The molecule has 0 radical (unpaired) electrons. The highest BCUT2D eigenvalue weighted by molar-refractivity contribution is 9.10. The van der Waals surface area contributed by atoms with E-state index in [4.69, 9.17) is 16.3 Å². The first-order chi connectivity index (χ1) is 9.51. The van der Waals surface area contributed by atoms with Crippen LogP contribution in [0, 0.1) is 0 Å². The summed E-state index contributed by atoms with van der Waals surface area (Å²) < 4.78 is 5.58. The molecule has 1 aromatic carbocycles. The number of carbonyl (C=O) groups is 1. The van der Waals surface area contributed by atoms with Gasteiger partial charge in [0.05, 0.1) is 29.0 Å². The van der Waals surface area contributed by atoms with Crippen molar-refractivity contribution in [1.29, 1.82) is 0 Å². The van der Waals surface area contributed by atoms with Crippen molar-refractivity contribution in [3.8, 4) is 11.5 Å². The number of aromatic nitrogens is 1. The predicted molar refractivity (Wildman–Crippen MR) is 79.6 cm³/mol. The van der Waals surface area contributed by atoms with Crippen LogP contribution in [-0.4, -0.2) is 23.1 Å². The van der Waals surface area contributed by atoms with Gasteiger partial charge in [-0.25, -0.2) is 4.98 Å². The minimum Gasteiger partial charge on any atom is -0.507 e. The number of hydrogen-bond donors (Lipinski definition) is 2. The number of benzene rings is 1. The van der Waals surface area contributed by atoms with Gasteiger partial charge in [-0.2, -0.15) is 0 Å². The summed E-state index contributed by atoms with van der Waals surface area (Å²) >= 11 is 8.99. The predicted octanol–water partition coefficient (Wildman–Crippen LogP) is 3.46. The minimum absolute atomic E-state index is 0.107. The molecule has 0 aliphatic heterocycles. The van der Waals surface area contributed by atoms with Crippen molar-refractivity contribution in [3.63, 3.8) is 0 Å². The van der Waals surface area contributed by atoms with Gasteiger partial charge < -0.3 is 15.2 Å². The lowest BCUT2D eigenvalue weighted by Gasteiger charge is -2.08. The topological polar surface area (TPSA) is 71.5 Å². The molecule has 0 saturated carbocycles. The molecule has 7 heteroatoms. The molecule has 104 valence electrons. The van der Waals surface area contributed by atoms with E-state index in [1.54, 1.807) is 12.1 Å². The van der Waals surface area contributed by atoms with E-state index in [1.807, 2.05) is 0 Å². The summed E-state index contributed by atoms with van der Waals surface area (Å²) in [6.45, 7) is 0. The number of rotatable bonds is 3. The Kier molecular flexibility index (Phi) is 4.46. The third-order valence-electron chi connectivity index (χ3n) is 2.50. The fourth-order valence-electron chi connectivity index (χ4n) is 1.51. The molecule has 5 nitrogen and oxygen atoms in total. The Morgan fingerprint density at radius 3 is 2.85 bits per heavy atom. The highest BCUT2D eigenvalue weighted by atomic mass is 79.9. The smallest absolute Gasteiger partial charge is 0.259 e. The number of carbonyl (C=O) groups excluding carboxylic acids is 1. The SMILES string of the molecule is COc1ccc(O)c(C(=O)Nc2cnc(Cl)c(Br)c2)c1. The number of hydrogen-bond acceptors (Lipinski definition) is 4. The molecular weight excluding hydrogens is 348 g/mol. The normalized spacial score (nSPS) is 10.2. The molecule has 1 heterocycles. The van der Waals surface area contributed by atoms with E-state index in [9.17, 15) is 9.90 Å². The number of pyridine rings is 1. The summed E-state index contributed by atoms with van der Waals surface area (Å²) in [5, 5.41) is 12.6. The molecule has 0 aliphatic rings. The second-order valence-corrected chi connectivity index (χ2v) is 5.05. The fourth-order valence-corrected chi connectivity index (χ4v) is 1.96. The average molecular weight is 358 g/mol. The molecule has 0 unspecified atom stereocenters. The third-order valence-corrected chi connectivity index (χ3v) is 3.64. The molecule has 0 fully saturated rings. The Bertz CT molecular complexity index is 664. The molecule has 0 spiro atoms. The second-order valence-electron chi connectivity index (χ2n) is 3.83. The highest BCUT2D eigenvalue weighted by Crippen LogP contribution is 2.26. The van der Waals surface area contributed by atoms with Crippen molar-refractivity contribution in [2.75, 3.05) is 12.4 Å². The lowest BCUT2D eigenvalue weighted by Crippen LogP contribution is -2.12. The second kappa shape index (κ2) is 6.11. The van der Waals surface area contributed by atoms with Crippen molar-refractivity contribution in [3.05, 3.63) is 45.7 Å². The standard InChI is InChI=1S/C13H10BrClN2O3/c1-20-8-2-3-11(18)9(5-8)13(19)17-7-4-10(14)12(15)16-6-7/h2-6,18H,1H3,(H,17,19). The van der Waals surface area contributed by atoms with Crippen molar-refractivity contribution >= 4 is 39.1 Å². The van der Waals surface area contributed by atoms with Crippen molar-refractivity contribution in [1.82, 2.24) is 4.98 Å². The Labute approximate surface area is 128 Å². The number of nitrogens with zero attached hydrogens (tertiary/aromatic N) is 1. The monoisotopic (exact) mass is 356 g/mol. The van der Waals surface area contributed by atoms with Gasteiger partial charge in [0.2, 0.25) is 0 Å². The first-order valence-corrected chi connectivity index (χ1v) is 6.67. The van der Waals surface area contributed by atoms with Crippen LogP contribution in [0.2, 0.25) is 5.15 Å². The van der Waals surface area contributed by atoms with Gasteiger partial charge >= 0.3 is 0 Å². The van der Waals surface area contributed by atoms with E-state index in [0.29, 0.717) is 21.1 Å². The Balaban J connectivity index is 2.25. The molecule has 0 atom stereocenters. The number of phenolic OH excluding ortho intramolecular Hbond substituents is 1. The minimum atomic E-state index is -0.475. The summed E-state index contributed by atoms with van der Waals surface area (Å²) in [5.74, 6) is -0.134. The zero-order valence-corrected chi connectivity index (χ0v) is 12.7. The number of ether oxygens (including phenoxy) is 1. The number of nitrogens with one attached hydrogen (secondary N) is 1. The molecule has 1 aromatic heterocycles. The zero-order valence-electron chi connectivity index (χ0n) is 10.4. The molecule has 1 amide bonds. The van der Waals surface area contributed by atoms with Crippen LogP contribution >= 0.6 is 27.5 Å². The van der Waals surface area contributed by atoms with Crippen LogP contribution < -0.4 is 10.1 Å². The van der Waals surface area contributed by atoms with Crippen LogP contribution in [0.15, 0.2) is 34.9 Å². The zero-order chi connectivity index (χ0) is 14.7. The molecule has 0 bridgehead atoms. The molecule has 0 saturated heterocycles. The van der Waals surface area contributed by atoms with Crippen molar-refractivity contribution < 1.29 is 14.6 Å². The number of amides is 1. The van der Waals surface area contributed by atoms with Crippen LogP contribution in [0.25, 0.3) is 0 Å². The summed E-state index contributed by atoms with van der Waals surface area (Å²) in [6, 6.07) is 6.02. The molecule has 2 rings (SSSR count). The number of halogens is 2. The summed E-state index contributed by atoms with van der Waals surface area (Å²) in [4.78, 5) is 16.0. The average Bonchev–Trinajstić information content (AvgIpc) is 2.43. The molecule has 0 aliphatic carbocycles. The summed E-state index contributed by atoms with van der Waals surface area (Å²) in [5.41, 5.74) is 0.559. The molecule has 2 aromatic rings. The maximum absolute atomic E-state index is 12.1. The first-order valence-electron chi connectivity index (χ1n) is 5.50. The number of anilines is 1. The van der Waals surface area contributed by atoms with E-state index in [1.165, 1.54) is 25.4 Å². The molecular formula is C13H10BrClN2O3. The van der Waals surface area contributed by atoms with Crippen LogP contribution in [-0.2, 0) is 0 Å². The third kappa shape index (κ3) is 3.20. The van der Waals surface area contributed by atoms with E-state index >= 15 is 0 Å². The van der Waals surface area contributed by atoms with Crippen LogP contribution in [0.5, 0.6) is 11.5 Å². The van der Waals surface area contributed by atoms with E-state index in [-0.39, 0.29) is 11.3 Å². The molecule has 20 heavy (non-hydrogen) atoms. The van der Waals surface area contributed by atoms with Crippen LogP contribution in [0.1, 0.15) is 10.4 Å². The Morgan fingerprint density at radius 2 is 2.20 bits per heavy atom. The van der Waals surface area contributed by atoms with Crippen molar-refractivity contribution in [2.45, 2.75) is 0 Å². The van der Waals surface area contributed by atoms with Gasteiger partial charge in [-0.05, 0) is 40.2 Å².